The maximum Gasteiger partial charge on any atom is 0.145 e. The molecule has 4 aromatic rings. The van der Waals surface area contributed by atoms with Gasteiger partial charge in [-0.3, -0.25) is 4.98 Å². The van der Waals surface area contributed by atoms with Gasteiger partial charge in [0.2, 0.25) is 0 Å². The number of rotatable bonds is 5. The highest BCUT2D eigenvalue weighted by Gasteiger charge is 2.11. The molecule has 0 saturated carbocycles. The Morgan fingerprint density at radius 1 is 1.07 bits per heavy atom. The molecule has 7 nitrogen and oxygen atoms in total. The minimum atomic E-state index is -0.272. The van der Waals surface area contributed by atoms with Gasteiger partial charge in [-0.25, -0.2) is 19.3 Å². The zero-order valence-corrected chi connectivity index (χ0v) is 14.7. The molecule has 0 aliphatic carbocycles. The van der Waals surface area contributed by atoms with Crippen molar-refractivity contribution in [2.75, 3.05) is 11.1 Å². The number of benzene rings is 2. The summed E-state index contributed by atoms with van der Waals surface area (Å²) in [4.78, 5) is 17.1. The third-order valence-electron chi connectivity index (χ3n) is 4.24. The molecule has 0 saturated heterocycles. The van der Waals surface area contributed by atoms with Crippen molar-refractivity contribution in [2.24, 2.45) is 0 Å². The number of fused-ring (bicyclic) bond motifs is 1. The van der Waals surface area contributed by atoms with Crippen molar-refractivity contribution in [3.63, 3.8) is 0 Å². The quantitative estimate of drug-likeness (QED) is 0.462. The van der Waals surface area contributed by atoms with Crippen LogP contribution in [0.3, 0.4) is 0 Å². The third-order valence-corrected chi connectivity index (χ3v) is 4.24. The van der Waals surface area contributed by atoms with Gasteiger partial charge in [-0.15, -0.1) is 0 Å². The molecule has 2 aromatic heterocycles. The molecule has 0 fully saturated rings. The summed E-state index contributed by atoms with van der Waals surface area (Å²) in [5.74, 6) is 0.574. The van der Waals surface area contributed by atoms with Gasteiger partial charge >= 0.3 is 0 Å². The molecule has 4 rings (SSSR count). The van der Waals surface area contributed by atoms with Gasteiger partial charge in [0.1, 0.15) is 23.8 Å². The first kappa shape index (κ1) is 17.5. The summed E-state index contributed by atoms with van der Waals surface area (Å²) in [6, 6.07) is 11.9. The van der Waals surface area contributed by atoms with E-state index in [0.29, 0.717) is 34.7 Å². The van der Waals surface area contributed by atoms with Crippen molar-refractivity contribution in [1.82, 2.24) is 19.9 Å². The van der Waals surface area contributed by atoms with E-state index in [9.17, 15) is 4.39 Å². The fourth-order valence-corrected chi connectivity index (χ4v) is 2.86. The summed E-state index contributed by atoms with van der Waals surface area (Å²) in [6.45, 7) is 0.443. The molecule has 0 amide bonds. The van der Waals surface area contributed by atoms with Crippen LogP contribution >= 0.6 is 0 Å². The maximum atomic E-state index is 13.3. The van der Waals surface area contributed by atoms with E-state index < -0.39 is 0 Å². The van der Waals surface area contributed by atoms with Gasteiger partial charge < -0.3 is 16.5 Å². The number of halogens is 1. The van der Waals surface area contributed by atoms with Gasteiger partial charge in [-0.1, -0.05) is 18.2 Å². The lowest BCUT2D eigenvalue weighted by molar-refractivity contribution is 0.626. The highest BCUT2D eigenvalue weighted by Crippen LogP contribution is 2.25. The van der Waals surface area contributed by atoms with Gasteiger partial charge in [-0.05, 0) is 29.8 Å². The van der Waals surface area contributed by atoms with E-state index >= 15 is 0 Å². The van der Waals surface area contributed by atoms with Crippen LogP contribution in [-0.2, 0) is 6.54 Å². The Bertz CT molecular complexity index is 1180. The van der Waals surface area contributed by atoms with E-state index in [1.54, 1.807) is 12.3 Å². The molecule has 2 heterocycles. The van der Waals surface area contributed by atoms with E-state index in [-0.39, 0.29) is 11.6 Å². The Morgan fingerprint density at radius 2 is 1.96 bits per heavy atom. The number of hydrogen-bond donors (Lipinski definition) is 3. The van der Waals surface area contributed by atoms with Crippen molar-refractivity contribution >= 4 is 28.9 Å². The molecule has 4 N–H and O–H groups in total. The third kappa shape index (κ3) is 3.48. The first-order chi connectivity index (χ1) is 13.6. The first-order valence-corrected chi connectivity index (χ1v) is 8.50. The van der Waals surface area contributed by atoms with Crippen LogP contribution in [0, 0.1) is 11.2 Å². The highest BCUT2D eigenvalue weighted by atomic mass is 19.1. The summed E-state index contributed by atoms with van der Waals surface area (Å²) in [6.07, 6.45) is 4.13. The number of nitrogens with two attached hydrogens (primary N) is 1. The Labute approximate surface area is 160 Å². The second-order valence-corrected chi connectivity index (χ2v) is 6.11. The number of anilines is 2. The average Bonchev–Trinajstić information content (AvgIpc) is 2.71. The van der Waals surface area contributed by atoms with E-state index in [2.05, 4.69) is 25.3 Å². The van der Waals surface area contributed by atoms with Gasteiger partial charge in [0.05, 0.1) is 28.5 Å². The van der Waals surface area contributed by atoms with Gasteiger partial charge in [0.15, 0.2) is 0 Å². The molecule has 0 atom stereocenters. The molecule has 28 heavy (non-hydrogen) atoms. The minimum Gasteiger partial charge on any atom is -0.383 e. The van der Waals surface area contributed by atoms with Gasteiger partial charge in [0, 0.05) is 18.3 Å². The molecule has 0 bridgehead atoms. The predicted molar refractivity (Wildman–Crippen MR) is 107 cm³/mol. The lowest BCUT2D eigenvalue weighted by atomic mass is 10.1. The average molecular weight is 373 g/mol. The van der Waals surface area contributed by atoms with Crippen molar-refractivity contribution < 1.29 is 4.39 Å². The SMILES string of the molecule is N=Cc1c(N)ncnc1-c1ccc2nc(NCc3cccc(F)c3)cnc2c1. The molecular weight excluding hydrogens is 357 g/mol. The van der Waals surface area contributed by atoms with Crippen LogP contribution < -0.4 is 11.1 Å². The summed E-state index contributed by atoms with van der Waals surface area (Å²) in [5, 5.41) is 10.7. The Kier molecular flexibility index (Phi) is 4.59. The fourth-order valence-electron chi connectivity index (χ4n) is 2.86. The van der Waals surface area contributed by atoms with Crippen LogP contribution in [-0.4, -0.2) is 26.2 Å². The molecule has 2 aromatic carbocycles. The fraction of sp³-hybridized carbons (Fsp3) is 0.0500. The zero-order valence-electron chi connectivity index (χ0n) is 14.7. The number of nitrogen functional groups attached to an aromatic ring is 1. The Morgan fingerprint density at radius 3 is 2.79 bits per heavy atom. The molecule has 0 unspecified atom stereocenters. The topological polar surface area (TPSA) is 113 Å². The summed E-state index contributed by atoms with van der Waals surface area (Å²) in [5.41, 5.74) is 9.83. The van der Waals surface area contributed by atoms with Crippen LogP contribution in [0.15, 0.2) is 55.0 Å². The van der Waals surface area contributed by atoms with E-state index in [0.717, 1.165) is 17.3 Å². The molecule has 8 heteroatoms. The highest BCUT2D eigenvalue weighted by molar-refractivity contribution is 5.93. The first-order valence-electron chi connectivity index (χ1n) is 8.50. The smallest absolute Gasteiger partial charge is 0.145 e. The van der Waals surface area contributed by atoms with Crippen LogP contribution in [0.1, 0.15) is 11.1 Å². The molecular formula is C20H16FN7. The molecule has 0 aliphatic heterocycles. The Hall–Kier alpha value is -3.94. The van der Waals surface area contributed by atoms with Crippen LogP contribution in [0.5, 0.6) is 0 Å². The minimum absolute atomic E-state index is 0.253. The second kappa shape index (κ2) is 7.36. The number of nitrogens with one attached hydrogen (secondary N) is 2. The molecule has 138 valence electrons. The van der Waals surface area contributed by atoms with Crippen LogP contribution in [0.2, 0.25) is 0 Å². The van der Waals surface area contributed by atoms with E-state index in [1.807, 2.05) is 24.3 Å². The van der Waals surface area contributed by atoms with Crippen molar-refractivity contribution in [2.45, 2.75) is 6.54 Å². The van der Waals surface area contributed by atoms with Crippen molar-refractivity contribution in [3.05, 3.63) is 71.9 Å². The van der Waals surface area contributed by atoms with Crippen LogP contribution in [0.4, 0.5) is 16.0 Å². The summed E-state index contributed by atoms with van der Waals surface area (Å²) >= 11 is 0. The van der Waals surface area contributed by atoms with Crippen molar-refractivity contribution in [1.29, 1.82) is 5.41 Å². The number of nitrogens with zero attached hydrogens (tertiary/aromatic N) is 4. The molecule has 0 spiro atoms. The molecule has 0 aliphatic rings. The van der Waals surface area contributed by atoms with E-state index in [1.165, 1.54) is 18.5 Å². The largest absolute Gasteiger partial charge is 0.383 e. The predicted octanol–water partition coefficient (Wildman–Crippen LogP) is 3.42. The zero-order chi connectivity index (χ0) is 19.5. The van der Waals surface area contributed by atoms with Gasteiger partial charge in [-0.2, -0.15) is 0 Å². The van der Waals surface area contributed by atoms with Crippen molar-refractivity contribution in [3.8, 4) is 11.3 Å². The van der Waals surface area contributed by atoms with E-state index in [4.69, 9.17) is 11.1 Å². The normalized spacial score (nSPS) is 10.8. The number of aromatic nitrogens is 4. The second-order valence-electron chi connectivity index (χ2n) is 6.11. The van der Waals surface area contributed by atoms with Gasteiger partial charge in [0.25, 0.3) is 0 Å². The standard InChI is InChI=1S/C20H16FN7/c21-14-3-1-2-12(6-14)9-25-18-10-24-17-7-13(4-5-16(17)28-18)19-15(8-22)20(23)27-11-26-19/h1-8,10-11,22H,9H2,(H,25,28)(H2,23,26,27). The lowest BCUT2D eigenvalue weighted by Crippen LogP contribution is -2.03. The lowest BCUT2D eigenvalue weighted by Gasteiger charge is -2.09. The summed E-state index contributed by atoms with van der Waals surface area (Å²) < 4.78 is 13.3. The maximum absolute atomic E-state index is 13.3. The monoisotopic (exact) mass is 373 g/mol. The van der Waals surface area contributed by atoms with Crippen LogP contribution in [0.25, 0.3) is 22.3 Å². The molecule has 0 radical (unpaired) electrons. The Balaban J connectivity index is 1.61. The summed E-state index contributed by atoms with van der Waals surface area (Å²) in [7, 11) is 0. The number of hydrogen-bond acceptors (Lipinski definition) is 7.